The molecule has 72 valence electrons. The van der Waals surface area contributed by atoms with Crippen molar-refractivity contribution in [1.29, 1.82) is 0 Å². The van der Waals surface area contributed by atoms with Gasteiger partial charge in [0.05, 0.1) is 5.01 Å². The fraction of sp³-hybridized carbons (Fsp3) is 0.700. The summed E-state index contributed by atoms with van der Waals surface area (Å²) < 4.78 is 0. The average molecular weight is 196 g/mol. The highest BCUT2D eigenvalue weighted by Crippen LogP contribution is 2.64. The van der Waals surface area contributed by atoms with Gasteiger partial charge in [0.15, 0.2) is 0 Å². The van der Waals surface area contributed by atoms with Crippen LogP contribution in [0.2, 0.25) is 0 Å². The number of aromatic nitrogens is 1. The van der Waals surface area contributed by atoms with E-state index in [9.17, 15) is 0 Å². The van der Waals surface area contributed by atoms with Gasteiger partial charge in [-0.3, -0.25) is 0 Å². The molecule has 3 heteroatoms. The van der Waals surface area contributed by atoms with Gasteiger partial charge >= 0.3 is 0 Å². The summed E-state index contributed by atoms with van der Waals surface area (Å²) in [5, 5.41) is 1.16. The Morgan fingerprint density at radius 3 is 2.69 bits per heavy atom. The lowest BCUT2D eigenvalue weighted by Crippen LogP contribution is -2.05. The first-order valence-electron chi connectivity index (χ1n) is 4.69. The first-order valence-corrected chi connectivity index (χ1v) is 5.51. The number of hydrogen-bond donors (Lipinski definition) is 1. The maximum atomic E-state index is 5.73. The summed E-state index contributed by atoms with van der Waals surface area (Å²) in [4.78, 5) is 5.70. The summed E-state index contributed by atoms with van der Waals surface area (Å²) in [7, 11) is 0. The number of nitrogens with zero attached hydrogens (tertiary/aromatic N) is 1. The van der Waals surface area contributed by atoms with Crippen LogP contribution in [0.5, 0.6) is 0 Å². The normalized spacial score (nSPS) is 30.5. The van der Waals surface area contributed by atoms with Crippen LogP contribution in [-0.4, -0.2) is 11.5 Å². The monoisotopic (exact) mass is 196 g/mol. The molecule has 1 aliphatic rings. The van der Waals surface area contributed by atoms with Crippen molar-refractivity contribution in [2.75, 3.05) is 6.54 Å². The van der Waals surface area contributed by atoms with Crippen LogP contribution in [-0.2, 0) is 0 Å². The lowest BCUT2D eigenvalue weighted by Gasteiger charge is -1.98. The van der Waals surface area contributed by atoms with Crippen molar-refractivity contribution in [3.63, 3.8) is 0 Å². The third-order valence-electron chi connectivity index (χ3n) is 3.25. The van der Waals surface area contributed by atoms with Crippen molar-refractivity contribution in [1.82, 2.24) is 4.98 Å². The molecule has 0 bridgehead atoms. The third-order valence-corrected chi connectivity index (χ3v) is 4.25. The Bertz CT molecular complexity index is 316. The highest BCUT2D eigenvalue weighted by atomic mass is 32.1. The van der Waals surface area contributed by atoms with Gasteiger partial charge < -0.3 is 5.73 Å². The van der Waals surface area contributed by atoms with E-state index in [0.29, 0.717) is 17.3 Å². The fourth-order valence-corrected chi connectivity index (χ4v) is 3.42. The maximum absolute atomic E-state index is 5.73. The molecular formula is C10H16N2S. The topological polar surface area (TPSA) is 38.9 Å². The number of hydrogen-bond acceptors (Lipinski definition) is 3. The first-order chi connectivity index (χ1) is 6.07. The zero-order valence-electron chi connectivity index (χ0n) is 8.37. The summed E-state index contributed by atoms with van der Waals surface area (Å²) >= 11 is 1.81. The van der Waals surface area contributed by atoms with Crippen LogP contribution >= 0.6 is 11.3 Å². The molecule has 2 nitrogen and oxygen atoms in total. The molecule has 1 heterocycles. The van der Waals surface area contributed by atoms with E-state index in [4.69, 9.17) is 5.73 Å². The molecule has 1 saturated carbocycles. The van der Waals surface area contributed by atoms with Crippen LogP contribution in [0.15, 0.2) is 6.20 Å². The number of aryl methyl sites for hydroxylation is 1. The number of thiazole rings is 1. The van der Waals surface area contributed by atoms with E-state index in [-0.39, 0.29) is 0 Å². The van der Waals surface area contributed by atoms with Crippen LogP contribution in [0.1, 0.15) is 29.7 Å². The Morgan fingerprint density at radius 1 is 1.62 bits per heavy atom. The molecular weight excluding hydrogens is 180 g/mol. The zero-order valence-corrected chi connectivity index (χ0v) is 9.19. The molecule has 0 spiro atoms. The van der Waals surface area contributed by atoms with Crippen LogP contribution in [0.3, 0.4) is 0 Å². The number of nitrogens with two attached hydrogens (primary N) is 1. The second-order valence-electron chi connectivity index (χ2n) is 4.42. The van der Waals surface area contributed by atoms with Gasteiger partial charge in [0.2, 0.25) is 0 Å². The predicted molar refractivity (Wildman–Crippen MR) is 55.9 cm³/mol. The third kappa shape index (κ3) is 1.30. The summed E-state index contributed by atoms with van der Waals surface area (Å²) in [6.45, 7) is 7.45. The summed E-state index contributed by atoms with van der Waals surface area (Å²) in [5.41, 5.74) is 6.12. The SMILES string of the molecule is Cc1ncc([C@H]2[C@H](CN)C2(C)C)s1. The van der Waals surface area contributed by atoms with Gasteiger partial charge in [0.25, 0.3) is 0 Å². The minimum atomic E-state index is 0.397. The second kappa shape index (κ2) is 2.79. The lowest BCUT2D eigenvalue weighted by atomic mass is 10.1. The van der Waals surface area contributed by atoms with Gasteiger partial charge in [-0.15, -0.1) is 11.3 Å². The molecule has 0 aliphatic heterocycles. The average Bonchev–Trinajstić information content (AvgIpc) is 2.41. The molecule has 0 unspecified atom stereocenters. The summed E-state index contributed by atoms with van der Waals surface area (Å²) in [6.07, 6.45) is 2.02. The van der Waals surface area contributed by atoms with Crippen LogP contribution in [0.4, 0.5) is 0 Å². The van der Waals surface area contributed by atoms with E-state index in [1.807, 2.05) is 17.5 Å². The Morgan fingerprint density at radius 2 is 2.31 bits per heavy atom. The molecule has 1 aliphatic carbocycles. The van der Waals surface area contributed by atoms with Gasteiger partial charge in [0, 0.05) is 17.0 Å². The van der Waals surface area contributed by atoms with Crippen LogP contribution in [0.25, 0.3) is 0 Å². The molecule has 0 aromatic carbocycles. The van der Waals surface area contributed by atoms with Crippen LogP contribution in [0, 0.1) is 18.3 Å². The van der Waals surface area contributed by atoms with Crippen molar-refractivity contribution in [2.24, 2.45) is 17.1 Å². The predicted octanol–water partition coefficient (Wildman–Crippen LogP) is 2.15. The molecule has 0 amide bonds. The molecule has 1 aromatic rings. The van der Waals surface area contributed by atoms with Crippen molar-refractivity contribution in [3.05, 3.63) is 16.1 Å². The molecule has 2 rings (SSSR count). The Balaban J connectivity index is 2.21. The van der Waals surface area contributed by atoms with Gasteiger partial charge in [-0.05, 0) is 24.8 Å². The van der Waals surface area contributed by atoms with Crippen molar-refractivity contribution in [3.8, 4) is 0 Å². The van der Waals surface area contributed by atoms with Gasteiger partial charge in [-0.25, -0.2) is 4.98 Å². The summed E-state index contributed by atoms with van der Waals surface area (Å²) in [6, 6.07) is 0. The maximum Gasteiger partial charge on any atom is 0.0896 e. The first kappa shape index (κ1) is 9.16. The molecule has 2 atom stereocenters. The van der Waals surface area contributed by atoms with Crippen molar-refractivity contribution >= 4 is 11.3 Å². The highest BCUT2D eigenvalue weighted by Gasteiger charge is 2.57. The standard InChI is InChI=1S/C10H16N2S/c1-6-12-5-8(13-6)9-7(4-11)10(9,2)3/h5,7,9H,4,11H2,1-3H3/t7-,9+/m0/s1. The number of rotatable bonds is 2. The molecule has 0 saturated heterocycles. The van der Waals surface area contributed by atoms with E-state index >= 15 is 0 Å². The minimum Gasteiger partial charge on any atom is -0.330 e. The Kier molecular flexibility index (Phi) is 1.96. The molecule has 2 N–H and O–H groups in total. The molecule has 0 radical (unpaired) electrons. The van der Waals surface area contributed by atoms with E-state index in [2.05, 4.69) is 25.8 Å². The van der Waals surface area contributed by atoms with E-state index in [1.54, 1.807) is 0 Å². The quantitative estimate of drug-likeness (QED) is 0.787. The van der Waals surface area contributed by atoms with Crippen molar-refractivity contribution < 1.29 is 0 Å². The van der Waals surface area contributed by atoms with Crippen LogP contribution < -0.4 is 5.73 Å². The largest absolute Gasteiger partial charge is 0.330 e. The van der Waals surface area contributed by atoms with Crippen molar-refractivity contribution in [2.45, 2.75) is 26.7 Å². The minimum absolute atomic E-state index is 0.397. The fourth-order valence-electron chi connectivity index (χ4n) is 2.27. The van der Waals surface area contributed by atoms with Gasteiger partial charge in [0.1, 0.15) is 0 Å². The highest BCUT2D eigenvalue weighted by molar-refractivity contribution is 7.11. The molecule has 1 aromatic heterocycles. The molecule has 13 heavy (non-hydrogen) atoms. The Labute approximate surface area is 83.2 Å². The second-order valence-corrected chi connectivity index (χ2v) is 5.69. The van der Waals surface area contributed by atoms with E-state index < -0.39 is 0 Å². The summed E-state index contributed by atoms with van der Waals surface area (Å²) in [5.74, 6) is 1.32. The van der Waals surface area contributed by atoms with Gasteiger partial charge in [-0.1, -0.05) is 13.8 Å². The van der Waals surface area contributed by atoms with E-state index in [0.717, 1.165) is 11.6 Å². The lowest BCUT2D eigenvalue weighted by molar-refractivity contribution is 0.559. The van der Waals surface area contributed by atoms with Gasteiger partial charge in [-0.2, -0.15) is 0 Å². The molecule has 1 fully saturated rings. The Hall–Kier alpha value is -0.410. The smallest absolute Gasteiger partial charge is 0.0896 e. The zero-order chi connectivity index (χ0) is 9.64. The van der Waals surface area contributed by atoms with E-state index in [1.165, 1.54) is 4.88 Å².